The molecule has 9 heteroatoms. The van der Waals surface area contributed by atoms with Gasteiger partial charge in [-0.05, 0) is 18.2 Å². The topological polar surface area (TPSA) is 66.4 Å². The Bertz CT molecular complexity index is 1120. The first-order chi connectivity index (χ1) is 13.9. The summed E-state index contributed by atoms with van der Waals surface area (Å²) >= 11 is 12.1. The Morgan fingerprint density at radius 3 is 2.31 bits per heavy atom. The van der Waals surface area contributed by atoms with Gasteiger partial charge in [0.25, 0.3) is 0 Å². The van der Waals surface area contributed by atoms with Gasteiger partial charge in [-0.25, -0.2) is 18.4 Å². The number of sulfonamides is 1. The van der Waals surface area contributed by atoms with Crippen LogP contribution >= 0.6 is 23.2 Å². The van der Waals surface area contributed by atoms with Crippen molar-refractivity contribution >= 4 is 39.0 Å². The van der Waals surface area contributed by atoms with Gasteiger partial charge >= 0.3 is 0 Å². The van der Waals surface area contributed by atoms with E-state index in [1.807, 2.05) is 36.4 Å². The summed E-state index contributed by atoms with van der Waals surface area (Å²) in [5, 5.41) is 0.501. The number of hydrogen-bond donors (Lipinski definition) is 0. The highest BCUT2D eigenvalue weighted by atomic mass is 35.5. The lowest BCUT2D eigenvalue weighted by molar-refractivity contribution is 0.384. The largest absolute Gasteiger partial charge is 0.354 e. The van der Waals surface area contributed by atoms with Gasteiger partial charge in [0.05, 0.1) is 10.7 Å². The number of rotatable bonds is 4. The van der Waals surface area contributed by atoms with Crippen LogP contribution in [0.3, 0.4) is 0 Å². The van der Waals surface area contributed by atoms with Crippen molar-refractivity contribution in [2.24, 2.45) is 0 Å². The number of anilines is 1. The molecule has 6 nitrogen and oxygen atoms in total. The zero-order chi connectivity index (χ0) is 20.4. The molecular formula is C20H18Cl2N4O2S. The van der Waals surface area contributed by atoms with Gasteiger partial charge in [-0.15, -0.1) is 0 Å². The van der Waals surface area contributed by atoms with Crippen LogP contribution in [0.5, 0.6) is 0 Å². The normalized spacial score (nSPS) is 15.4. The average Bonchev–Trinajstić information content (AvgIpc) is 2.76. The third-order valence-electron chi connectivity index (χ3n) is 4.80. The lowest BCUT2D eigenvalue weighted by atomic mass is 10.1. The zero-order valence-electron chi connectivity index (χ0n) is 15.4. The average molecular weight is 449 g/mol. The minimum Gasteiger partial charge on any atom is -0.354 e. The van der Waals surface area contributed by atoms with Crippen molar-refractivity contribution < 1.29 is 8.42 Å². The van der Waals surface area contributed by atoms with Crippen molar-refractivity contribution in [3.63, 3.8) is 0 Å². The second-order valence-corrected chi connectivity index (χ2v) is 9.34. The van der Waals surface area contributed by atoms with Crippen LogP contribution in [-0.2, 0) is 10.0 Å². The smallest absolute Gasteiger partial charge is 0.244 e. The second kappa shape index (κ2) is 8.28. The van der Waals surface area contributed by atoms with E-state index in [0.29, 0.717) is 31.2 Å². The summed E-state index contributed by atoms with van der Waals surface area (Å²) in [7, 11) is -3.71. The minimum absolute atomic E-state index is 0.0357. The summed E-state index contributed by atoms with van der Waals surface area (Å²) < 4.78 is 27.4. The van der Waals surface area contributed by atoms with E-state index in [9.17, 15) is 8.42 Å². The molecule has 2 aromatic carbocycles. The van der Waals surface area contributed by atoms with E-state index >= 15 is 0 Å². The van der Waals surface area contributed by atoms with E-state index in [-0.39, 0.29) is 9.92 Å². The summed E-state index contributed by atoms with van der Waals surface area (Å²) in [6.07, 6.45) is 1.53. The molecule has 0 saturated carbocycles. The predicted molar refractivity (Wildman–Crippen MR) is 115 cm³/mol. The summed E-state index contributed by atoms with van der Waals surface area (Å²) in [5.74, 6) is 0.775. The monoisotopic (exact) mass is 448 g/mol. The summed E-state index contributed by atoms with van der Waals surface area (Å²) in [5.41, 5.74) is 1.84. The first-order valence-corrected chi connectivity index (χ1v) is 11.2. The number of aromatic nitrogens is 2. The maximum absolute atomic E-state index is 13.0. The van der Waals surface area contributed by atoms with Gasteiger partial charge in [-0.2, -0.15) is 4.31 Å². The molecule has 3 aromatic rings. The Morgan fingerprint density at radius 2 is 1.59 bits per heavy atom. The molecule has 0 N–H and O–H groups in total. The molecule has 2 heterocycles. The molecule has 0 bridgehead atoms. The Morgan fingerprint density at radius 1 is 0.862 bits per heavy atom. The highest BCUT2D eigenvalue weighted by Crippen LogP contribution is 2.29. The van der Waals surface area contributed by atoms with Crippen molar-refractivity contribution in [2.75, 3.05) is 31.1 Å². The lowest BCUT2D eigenvalue weighted by Crippen LogP contribution is -2.49. The van der Waals surface area contributed by atoms with Crippen molar-refractivity contribution in [2.45, 2.75) is 4.90 Å². The second-order valence-electron chi connectivity index (χ2n) is 6.59. The molecule has 4 rings (SSSR count). The first kappa shape index (κ1) is 20.1. The van der Waals surface area contributed by atoms with E-state index in [2.05, 4.69) is 14.9 Å². The number of nitrogens with zero attached hydrogens (tertiary/aromatic N) is 4. The van der Waals surface area contributed by atoms with E-state index in [4.69, 9.17) is 23.2 Å². The van der Waals surface area contributed by atoms with Crippen molar-refractivity contribution in [3.05, 3.63) is 71.0 Å². The number of halogens is 2. The highest BCUT2D eigenvalue weighted by Gasteiger charge is 2.30. The van der Waals surface area contributed by atoms with Crippen LogP contribution in [0, 0.1) is 0 Å². The minimum atomic E-state index is -3.71. The molecule has 1 aliphatic rings. The molecule has 29 heavy (non-hydrogen) atoms. The third kappa shape index (κ3) is 4.23. The van der Waals surface area contributed by atoms with Crippen molar-refractivity contribution in [3.8, 4) is 11.3 Å². The first-order valence-electron chi connectivity index (χ1n) is 9.03. The van der Waals surface area contributed by atoms with E-state index < -0.39 is 10.0 Å². The van der Waals surface area contributed by atoms with Crippen LogP contribution in [0.2, 0.25) is 10.0 Å². The molecule has 0 spiro atoms. The Balaban J connectivity index is 1.51. The lowest BCUT2D eigenvalue weighted by Gasteiger charge is -2.34. The van der Waals surface area contributed by atoms with Gasteiger partial charge in [0.2, 0.25) is 10.0 Å². The SMILES string of the molecule is O=S(=O)(c1cc(Cl)ccc1Cl)N1CCN(c2cc(-c3ccccc3)ncn2)CC1. The van der Waals surface area contributed by atoms with Gasteiger partial charge in [-0.3, -0.25) is 0 Å². The Kier molecular flexibility index (Phi) is 5.74. The van der Waals surface area contributed by atoms with Crippen LogP contribution in [0.25, 0.3) is 11.3 Å². The van der Waals surface area contributed by atoms with Crippen molar-refractivity contribution in [1.29, 1.82) is 0 Å². The molecule has 0 amide bonds. The highest BCUT2D eigenvalue weighted by molar-refractivity contribution is 7.89. The summed E-state index contributed by atoms with van der Waals surface area (Å²) in [6.45, 7) is 1.69. The fourth-order valence-corrected chi connectivity index (χ4v) is 5.42. The third-order valence-corrected chi connectivity index (χ3v) is 7.41. The van der Waals surface area contributed by atoms with E-state index in [1.54, 1.807) is 6.07 Å². The molecule has 0 radical (unpaired) electrons. The zero-order valence-corrected chi connectivity index (χ0v) is 17.7. The molecule has 0 unspecified atom stereocenters. The van der Waals surface area contributed by atoms with Crippen LogP contribution in [-0.4, -0.2) is 48.9 Å². The number of piperazine rings is 1. The predicted octanol–water partition coefficient (Wildman–Crippen LogP) is 3.96. The van der Waals surface area contributed by atoms with Crippen LogP contribution < -0.4 is 4.90 Å². The van der Waals surface area contributed by atoms with Gasteiger partial charge in [0.15, 0.2) is 0 Å². The molecule has 1 fully saturated rings. The van der Waals surface area contributed by atoms with Gasteiger partial charge in [0, 0.05) is 42.8 Å². The fourth-order valence-electron chi connectivity index (χ4n) is 3.26. The van der Waals surface area contributed by atoms with Crippen LogP contribution in [0.4, 0.5) is 5.82 Å². The molecule has 0 atom stereocenters. The van der Waals surface area contributed by atoms with Crippen molar-refractivity contribution in [1.82, 2.24) is 14.3 Å². The van der Waals surface area contributed by atoms with E-state index in [1.165, 1.54) is 22.8 Å². The van der Waals surface area contributed by atoms with Crippen LogP contribution in [0.15, 0.2) is 65.8 Å². The molecule has 1 aliphatic heterocycles. The fraction of sp³-hybridized carbons (Fsp3) is 0.200. The van der Waals surface area contributed by atoms with Crippen LogP contribution in [0.1, 0.15) is 0 Å². The van der Waals surface area contributed by atoms with Gasteiger partial charge < -0.3 is 4.90 Å². The summed E-state index contributed by atoms with van der Waals surface area (Å²) in [6, 6.07) is 16.2. The standard InChI is InChI=1S/C20H18Cl2N4O2S/c21-16-6-7-17(22)19(12-16)29(27,28)26-10-8-25(9-11-26)20-13-18(23-14-24-20)15-4-2-1-3-5-15/h1-7,12-14H,8-11H2. The van der Waals surface area contributed by atoms with Gasteiger partial charge in [0.1, 0.15) is 17.0 Å². The quantitative estimate of drug-likeness (QED) is 0.603. The number of benzene rings is 2. The molecule has 1 aromatic heterocycles. The number of hydrogen-bond acceptors (Lipinski definition) is 5. The maximum atomic E-state index is 13.0. The van der Waals surface area contributed by atoms with Gasteiger partial charge in [-0.1, -0.05) is 53.5 Å². The molecule has 1 saturated heterocycles. The summed E-state index contributed by atoms with van der Waals surface area (Å²) in [4.78, 5) is 10.8. The molecule has 0 aliphatic carbocycles. The molecule has 150 valence electrons. The molecular weight excluding hydrogens is 431 g/mol. The Hall–Kier alpha value is -2.19. The Labute approximate surface area is 179 Å². The van der Waals surface area contributed by atoms with E-state index in [0.717, 1.165) is 17.1 Å². The maximum Gasteiger partial charge on any atom is 0.244 e.